The Bertz CT molecular complexity index is 874. The molecule has 3 fully saturated rings. The fourth-order valence-electron chi connectivity index (χ4n) is 5.03. The molecule has 4 amide bonds. The van der Waals surface area contributed by atoms with E-state index in [2.05, 4.69) is 24.1 Å². The highest BCUT2D eigenvalue weighted by Gasteiger charge is 2.28. The third kappa shape index (κ3) is 7.18. The highest BCUT2D eigenvalue weighted by atomic mass is 16.5. The van der Waals surface area contributed by atoms with Crippen LogP contribution in [0.4, 0.5) is 10.5 Å². The summed E-state index contributed by atoms with van der Waals surface area (Å²) in [6.07, 6.45) is 4.78. The second-order valence-electron chi connectivity index (χ2n) is 10.1. The van der Waals surface area contributed by atoms with Crippen LogP contribution >= 0.6 is 0 Å². The number of hydrogen-bond donors (Lipinski definition) is 1. The lowest BCUT2D eigenvalue weighted by atomic mass is 10.0. The summed E-state index contributed by atoms with van der Waals surface area (Å²) in [6, 6.07) is 6.56. The number of benzene rings is 1. The van der Waals surface area contributed by atoms with Crippen molar-refractivity contribution in [3.05, 3.63) is 24.3 Å². The molecule has 0 aromatic heterocycles. The summed E-state index contributed by atoms with van der Waals surface area (Å²) >= 11 is 0. The minimum atomic E-state index is -0.422. The Kier molecular flexibility index (Phi) is 8.62. The van der Waals surface area contributed by atoms with E-state index in [4.69, 9.17) is 9.47 Å². The molecule has 0 bridgehead atoms. The third-order valence-corrected chi connectivity index (χ3v) is 6.90. The summed E-state index contributed by atoms with van der Waals surface area (Å²) < 4.78 is 12.1. The molecule has 1 aromatic carbocycles. The molecule has 1 aromatic rings. The Hall–Kier alpha value is -2.65. The van der Waals surface area contributed by atoms with Crippen LogP contribution in [0.25, 0.3) is 0 Å². The van der Waals surface area contributed by atoms with E-state index in [1.807, 2.05) is 4.90 Å². The summed E-state index contributed by atoms with van der Waals surface area (Å²) in [4.78, 5) is 41.8. The van der Waals surface area contributed by atoms with Crippen molar-refractivity contribution in [2.75, 3.05) is 50.8 Å². The van der Waals surface area contributed by atoms with Crippen LogP contribution in [0.15, 0.2) is 24.3 Å². The predicted octanol–water partition coefficient (Wildman–Crippen LogP) is 2.64. The molecule has 0 saturated carbocycles. The van der Waals surface area contributed by atoms with Crippen molar-refractivity contribution < 1.29 is 23.9 Å². The van der Waals surface area contributed by atoms with Crippen LogP contribution in [0, 0.1) is 5.92 Å². The van der Waals surface area contributed by atoms with Crippen molar-refractivity contribution in [3.8, 4) is 5.75 Å². The molecule has 1 N–H and O–H groups in total. The first-order valence-corrected chi connectivity index (χ1v) is 12.9. The van der Waals surface area contributed by atoms with Gasteiger partial charge in [-0.3, -0.25) is 19.8 Å². The van der Waals surface area contributed by atoms with Gasteiger partial charge in [-0.1, -0.05) is 13.8 Å². The summed E-state index contributed by atoms with van der Waals surface area (Å²) in [5.41, 5.74) is 0.682. The number of hydrogen-bond acceptors (Lipinski definition) is 6. The molecular formula is C26H38N4O5. The highest BCUT2D eigenvalue weighted by Crippen LogP contribution is 2.23. The largest absolute Gasteiger partial charge is 0.484 e. The van der Waals surface area contributed by atoms with E-state index in [0.29, 0.717) is 43.1 Å². The quantitative estimate of drug-likeness (QED) is 0.608. The zero-order valence-electron chi connectivity index (χ0n) is 20.9. The number of imide groups is 1. The van der Waals surface area contributed by atoms with Crippen LogP contribution in [-0.2, 0) is 14.3 Å². The lowest BCUT2D eigenvalue weighted by molar-refractivity contribution is -0.137. The highest BCUT2D eigenvalue weighted by molar-refractivity contribution is 6.05. The maximum atomic E-state index is 12.6. The van der Waals surface area contributed by atoms with Gasteiger partial charge in [0.25, 0.3) is 5.91 Å². The standard InChI is InChI=1S/C26H38N4O5/c1-19(2)17-28-12-7-22(8-13-28)35-23-9-14-29(15-10-23)25(32)18-34-21-5-3-20(4-6-21)30-16-11-24(31)27-26(30)33/h3-6,19,22-23H,7-18H2,1-2H3,(H,27,31,33). The number of amides is 4. The summed E-state index contributed by atoms with van der Waals surface area (Å²) in [6.45, 7) is 9.64. The topological polar surface area (TPSA) is 91.4 Å². The molecule has 3 saturated heterocycles. The Morgan fingerprint density at radius 3 is 2.20 bits per heavy atom. The first kappa shape index (κ1) is 25.4. The lowest BCUT2D eigenvalue weighted by Gasteiger charge is -2.37. The van der Waals surface area contributed by atoms with E-state index in [9.17, 15) is 14.4 Å². The van der Waals surface area contributed by atoms with Gasteiger partial charge >= 0.3 is 6.03 Å². The molecule has 3 heterocycles. The van der Waals surface area contributed by atoms with Crippen LogP contribution in [0.1, 0.15) is 46.0 Å². The second kappa shape index (κ2) is 11.9. The molecular weight excluding hydrogens is 448 g/mol. The zero-order chi connectivity index (χ0) is 24.8. The number of ether oxygens (including phenoxy) is 2. The number of rotatable bonds is 8. The Balaban J connectivity index is 1.15. The van der Waals surface area contributed by atoms with E-state index in [1.165, 1.54) is 4.90 Å². The minimum absolute atomic E-state index is 0.0160. The monoisotopic (exact) mass is 486 g/mol. The average Bonchev–Trinajstić information content (AvgIpc) is 2.84. The van der Waals surface area contributed by atoms with Gasteiger partial charge in [-0.05, 0) is 55.9 Å². The van der Waals surface area contributed by atoms with Crippen molar-refractivity contribution in [1.29, 1.82) is 0 Å². The van der Waals surface area contributed by atoms with Crippen LogP contribution in [-0.4, -0.2) is 85.7 Å². The number of carbonyl (C=O) groups is 3. The van der Waals surface area contributed by atoms with Crippen molar-refractivity contribution in [2.45, 2.75) is 58.2 Å². The first-order chi connectivity index (χ1) is 16.9. The third-order valence-electron chi connectivity index (χ3n) is 6.90. The van der Waals surface area contributed by atoms with Gasteiger partial charge in [-0.15, -0.1) is 0 Å². The molecule has 3 aliphatic rings. The first-order valence-electron chi connectivity index (χ1n) is 12.9. The Morgan fingerprint density at radius 1 is 0.971 bits per heavy atom. The fourth-order valence-corrected chi connectivity index (χ4v) is 5.03. The van der Waals surface area contributed by atoms with E-state index < -0.39 is 6.03 Å². The number of likely N-dealkylation sites (tertiary alicyclic amines) is 2. The smallest absolute Gasteiger partial charge is 0.328 e. The molecule has 9 nitrogen and oxygen atoms in total. The molecule has 3 aliphatic heterocycles. The molecule has 0 atom stereocenters. The van der Waals surface area contributed by atoms with Gasteiger partial charge in [-0.25, -0.2) is 4.79 Å². The Morgan fingerprint density at radius 2 is 1.60 bits per heavy atom. The summed E-state index contributed by atoms with van der Waals surface area (Å²) in [5, 5.41) is 2.31. The average molecular weight is 487 g/mol. The van der Waals surface area contributed by atoms with Crippen LogP contribution in [0.5, 0.6) is 5.75 Å². The number of carbonyl (C=O) groups excluding carboxylic acids is 3. The van der Waals surface area contributed by atoms with E-state index >= 15 is 0 Å². The normalized spacial score (nSPS) is 20.9. The van der Waals surface area contributed by atoms with Crippen molar-refractivity contribution in [1.82, 2.24) is 15.1 Å². The minimum Gasteiger partial charge on any atom is -0.484 e. The molecule has 0 aliphatic carbocycles. The van der Waals surface area contributed by atoms with Gasteiger partial charge in [0.1, 0.15) is 5.75 Å². The number of anilines is 1. The number of nitrogens with one attached hydrogen (secondary N) is 1. The van der Waals surface area contributed by atoms with E-state index in [1.54, 1.807) is 24.3 Å². The molecule has 35 heavy (non-hydrogen) atoms. The number of urea groups is 1. The van der Waals surface area contributed by atoms with Gasteiger partial charge in [0.15, 0.2) is 6.61 Å². The van der Waals surface area contributed by atoms with Gasteiger partial charge in [0, 0.05) is 51.4 Å². The maximum absolute atomic E-state index is 12.6. The molecule has 192 valence electrons. The lowest BCUT2D eigenvalue weighted by Crippen LogP contribution is -2.49. The molecule has 4 rings (SSSR count). The van der Waals surface area contributed by atoms with Gasteiger partial charge in [0.2, 0.25) is 5.91 Å². The SMILES string of the molecule is CC(C)CN1CCC(OC2CCN(C(=O)COc3ccc(N4CCC(=O)NC4=O)cc3)CC2)CC1. The maximum Gasteiger partial charge on any atom is 0.328 e. The van der Waals surface area contributed by atoms with Crippen molar-refractivity contribution in [3.63, 3.8) is 0 Å². The molecule has 0 unspecified atom stereocenters. The number of piperidine rings is 2. The molecule has 0 spiro atoms. The number of nitrogens with zero attached hydrogens (tertiary/aromatic N) is 3. The van der Waals surface area contributed by atoms with Gasteiger partial charge in [-0.2, -0.15) is 0 Å². The van der Waals surface area contributed by atoms with Gasteiger partial charge in [0.05, 0.1) is 12.2 Å². The summed E-state index contributed by atoms with van der Waals surface area (Å²) in [5.74, 6) is 0.984. The van der Waals surface area contributed by atoms with Crippen molar-refractivity contribution in [2.24, 2.45) is 5.92 Å². The molecule has 9 heteroatoms. The molecule has 0 radical (unpaired) electrons. The van der Waals surface area contributed by atoms with Gasteiger partial charge < -0.3 is 19.3 Å². The van der Waals surface area contributed by atoms with E-state index in [0.717, 1.165) is 45.3 Å². The van der Waals surface area contributed by atoms with Crippen LogP contribution < -0.4 is 15.0 Å². The van der Waals surface area contributed by atoms with Crippen LogP contribution in [0.2, 0.25) is 0 Å². The predicted molar refractivity (Wildman–Crippen MR) is 132 cm³/mol. The second-order valence-corrected chi connectivity index (χ2v) is 10.1. The summed E-state index contributed by atoms with van der Waals surface area (Å²) in [7, 11) is 0. The van der Waals surface area contributed by atoms with Crippen molar-refractivity contribution >= 4 is 23.5 Å². The Labute approximate surface area is 207 Å². The fraction of sp³-hybridized carbons (Fsp3) is 0.654. The van der Waals surface area contributed by atoms with Crippen LogP contribution in [0.3, 0.4) is 0 Å². The van der Waals surface area contributed by atoms with E-state index in [-0.39, 0.29) is 30.9 Å². The zero-order valence-corrected chi connectivity index (χ0v) is 20.9.